The first-order valence-electron chi connectivity index (χ1n) is 7.15. The maximum absolute atomic E-state index is 12.1. The van der Waals surface area contributed by atoms with Crippen LogP contribution < -0.4 is 5.73 Å². The molecule has 3 rings (SSSR count). The molecule has 0 fully saturated rings. The fourth-order valence-electron chi connectivity index (χ4n) is 2.50. The lowest BCUT2D eigenvalue weighted by Gasteiger charge is -2.10. The molecule has 118 valence electrons. The van der Waals surface area contributed by atoms with Gasteiger partial charge in [-0.2, -0.15) is 5.26 Å². The molecule has 2 heterocycles. The maximum atomic E-state index is 12.1. The SMILES string of the molecule is COC(=O)c1c(N)c(C#N)cn1-c1cccc(-c2ccncc2)c1. The lowest BCUT2D eigenvalue weighted by atomic mass is 10.1. The van der Waals surface area contributed by atoms with Crippen LogP contribution in [-0.4, -0.2) is 22.6 Å². The molecule has 2 N–H and O–H groups in total. The molecule has 0 spiro atoms. The summed E-state index contributed by atoms with van der Waals surface area (Å²) in [6.07, 6.45) is 4.96. The number of carbonyl (C=O) groups excluding carboxylic acids is 1. The van der Waals surface area contributed by atoms with E-state index >= 15 is 0 Å². The van der Waals surface area contributed by atoms with Gasteiger partial charge in [0.05, 0.1) is 18.4 Å². The highest BCUT2D eigenvalue weighted by Crippen LogP contribution is 2.27. The molecule has 1 aromatic carbocycles. The van der Waals surface area contributed by atoms with E-state index in [1.54, 1.807) is 17.0 Å². The minimum Gasteiger partial charge on any atom is -0.464 e. The maximum Gasteiger partial charge on any atom is 0.357 e. The number of esters is 1. The fourth-order valence-corrected chi connectivity index (χ4v) is 2.50. The summed E-state index contributed by atoms with van der Waals surface area (Å²) in [6.45, 7) is 0. The third-order valence-corrected chi connectivity index (χ3v) is 3.68. The van der Waals surface area contributed by atoms with Crippen LogP contribution in [-0.2, 0) is 4.74 Å². The Labute approximate surface area is 138 Å². The van der Waals surface area contributed by atoms with E-state index in [0.717, 1.165) is 11.1 Å². The monoisotopic (exact) mass is 318 g/mol. The zero-order valence-electron chi connectivity index (χ0n) is 12.9. The molecule has 0 aliphatic carbocycles. The van der Waals surface area contributed by atoms with Gasteiger partial charge in [-0.05, 0) is 35.4 Å². The molecule has 0 bridgehead atoms. The van der Waals surface area contributed by atoms with Gasteiger partial charge in [0, 0.05) is 24.3 Å². The number of hydrogen-bond acceptors (Lipinski definition) is 5. The highest BCUT2D eigenvalue weighted by molar-refractivity contribution is 5.96. The smallest absolute Gasteiger partial charge is 0.357 e. The van der Waals surface area contributed by atoms with Crippen molar-refractivity contribution < 1.29 is 9.53 Å². The van der Waals surface area contributed by atoms with Crippen LogP contribution in [0.15, 0.2) is 55.0 Å². The van der Waals surface area contributed by atoms with E-state index in [-0.39, 0.29) is 16.9 Å². The molecule has 0 radical (unpaired) electrons. The third-order valence-electron chi connectivity index (χ3n) is 3.68. The summed E-state index contributed by atoms with van der Waals surface area (Å²) in [4.78, 5) is 16.1. The van der Waals surface area contributed by atoms with Crippen molar-refractivity contribution in [3.05, 3.63) is 66.2 Å². The molecule has 0 aliphatic rings. The van der Waals surface area contributed by atoms with Crippen molar-refractivity contribution >= 4 is 11.7 Å². The molecule has 6 nitrogen and oxygen atoms in total. The summed E-state index contributed by atoms with van der Waals surface area (Å²) in [5.74, 6) is -0.594. The first-order valence-corrected chi connectivity index (χ1v) is 7.15. The van der Waals surface area contributed by atoms with Gasteiger partial charge in [-0.1, -0.05) is 12.1 Å². The number of aromatic nitrogens is 2. The van der Waals surface area contributed by atoms with E-state index in [2.05, 4.69) is 4.98 Å². The van der Waals surface area contributed by atoms with Crippen LogP contribution in [0.5, 0.6) is 0 Å². The zero-order valence-corrected chi connectivity index (χ0v) is 12.9. The first-order chi connectivity index (χ1) is 11.7. The number of anilines is 1. The van der Waals surface area contributed by atoms with Crippen molar-refractivity contribution in [1.29, 1.82) is 5.26 Å². The highest BCUT2D eigenvalue weighted by atomic mass is 16.5. The second-order valence-electron chi connectivity index (χ2n) is 5.06. The Kier molecular flexibility index (Phi) is 4.00. The van der Waals surface area contributed by atoms with E-state index in [1.807, 2.05) is 42.5 Å². The molecule has 0 saturated heterocycles. The molecule has 0 aliphatic heterocycles. The number of nitrogens with two attached hydrogens (primary N) is 1. The molecule has 3 aromatic rings. The van der Waals surface area contributed by atoms with Gasteiger partial charge in [0.1, 0.15) is 6.07 Å². The Morgan fingerprint density at radius 1 is 1.25 bits per heavy atom. The minimum atomic E-state index is -0.594. The molecular weight excluding hydrogens is 304 g/mol. The first kappa shape index (κ1) is 15.3. The lowest BCUT2D eigenvalue weighted by Crippen LogP contribution is -2.11. The van der Waals surface area contributed by atoms with Crippen molar-refractivity contribution in [3.63, 3.8) is 0 Å². The predicted molar refractivity (Wildman–Crippen MR) is 89.5 cm³/mol. The molecule has 6 heteroatoms. The summed E-state index contributed by atoms with van der Waals surface area (Å²) in [5.41, 5.74) is 9.06. The van der Waals surface area contributed by atoms with Crippen molar-refractivity contribution in [2.75, 3.05) is 12.8 Å². The van der Waals surface area contributed by atoms with Crippen LogP contribution in [0.3, 0.4) is 0 Å². The Balaban J connectivity index is 2.17. The summed E-state index contributed by atoms with van der Waals surface area (Å²) < 4.78 is 6.37. The Morgan fingerprint density at radius 3 is 2.67 bits per heavy atom. The number of nitrogen functional groups attached to an aromatic ring is 1. The number of nitrogens with zero attached hydrogens (tertiary/aromatic N) is 3. The van der Waals surface area contributed by atoms with E-state index in [4.69, 9.17) is 10.5 Å². The average Bonchev–Trinajstić information content (AvgIpc) is 2.98. The van der Waals surface area contributed by atoms with Crippen molar-refractivity contribution in [2.45, 2.75) is 0 Å². The van der Waals surface area contributed by atoms with Crippen molar-refractivity contribution in [2.24, 2.45) is 0 Å². The number of benzene rings is 1. The summed E-state index contributed by atoms with van der Waals surface area (Å²) in [5, 5.41) is 9.19. The second-order valence-corrected chi connectivity index (χ2v) is 5.06. The largest absolute Gasteiger partial charge is 0.464 e. The summed E-state index contributed by atoms with van der Waals surface area (Å²) in [6, 6.07) is 13.3. The van der Waals surface area contributed by atoms with E-state index in [9.17, 15) is 10.1 Å². The topological polar surface area (TPSA) is 93.9 Å². The standard InChI is InChI=1S/C18H14N4O2/c1-24-18(23)17-16(20)14(10-19)11-22(17)15-4-2-3-13(9-15)12-5-7-21-8-6-12/h2-9,11H,20H2,1H3. The second kappa shape index (κ2) is 6.26. The third kappa shape index (κ3) is 2.59. The van der Waals surface area contributed by atoms with Gasteiger partial charge < -0.3 is 15.0 Å². The van der Waals surface area contributed by atoms with Crippen molar-refractivity contribution in [3.8, 4) is 22.9 Å². The molecule has 0 unspecified atom stereocenters. The van der Waals surface area contributed by atoms with Gasteiger partial charge in [0.15, 0.2) is 5.69 Å². The molecule has 0 atom stereocenters. The normalized spacial score (nSPS) is 10.2. The van der Waals surface area contributed by atoms with Gasteiger partial charge in [-0.3, -0.25) is 4.98 Å². The van der Waals surface area contributed by atoms with Crippen LogP contribution in [0.4, 0.5) is 5.69 Å². The average molecular weight is 318 g/mol. The number of methoxy groups -OCH3 is 1. The van der Waals surface area contributed by atoms with Crippen LogP contribution in [0.1, 0.15) is 16.1 Å². The number of nitriles is 1. The Bertz CT molecular complexity index is 939. The molecule has 0 saturated carbocycles. The molecule has 2 aromatic heterocycles. The van der Waals surface area contributed by atoms with Gasteiger partial charge in [0.2, 0.25) is 0 Å². The van der Waals surface area contributed by atoms with Crippen LogP contribution in [0.2, 0.25) is 0 Å². The summed E-state index contributed by atoms with van der Waals surface area (Å²) in [7, 11) is 1.28. The number of pyridine rings is 1. The Morgan fingerprint density at radius 2 is 2.00 bits per heavy atom. The van der Waals surface area contributed by atoms with Gasteiger partial charge in [-0.25, -0.2) is 4.79 Å². The predicted octanol–water partition coefficient (Wildman–Crippen LogP) is 2.78. The molecule has 24 heavy (non-hydrogen) atoms. The number of rotatable bonds is 3. The zero-order chi connectivity index (χ0) is 17.1. The number of hydrogen-bond donors (Lipinski definition) is 1. The van der Waals surface area contributed by atoms with Gasteiger partial charge >= 0.3 is 5.97 Å². The van der Waals surface area contributed by atoms with E-state index < -0.39 is 5.97 Å². The number of ether oxygens (including phenoxy) is 1. The Hall–Kier alpha value is -3.59. The number of carbonyl (C=O) groups is 1. The molecule has 0 amide bonds. The fraction of sp³-hybridized carbons (Fsp3) is 0.0556. The van der Waals surface area contributed by atoms with E-state index in [1.165, 1.54) is 13.3 Å². The highest BCUT2D eigenvalue weighted by Gasteiger charge is 2.21. The van der Waals surface area contributed by atoms with Crippen LogP contribution >= 0.6 is 0 Å². The van der Waals surface area contributed by atoms with Crippen molar-refractivity contribution in [1.82, 2.24) is 9.55 Å². The van der Waals surface area contributed by atoms with Gasteiger partial charge in [0.25, 0.3) is 0 Å². The van der Waals surface area contributed by atoms with Crippen LogP contribution in [0.25, 0.3) is 16.8 Å². The molecular formula is C18H14N4O2. The van der Waals surface area contributed by atoms with Gasteiger partial charge in [-0.15, -0.1) is 0 Å². The quantitative estimate of drug-likeness (QED) is 0.749. The van der Waals surface area contributed by atoms with Crippen LogP contribution in [0, 0.1) is 11.3 Å². The minimum absolute atomic E-state index is 0.110. The lowest BCUT2D eigenvalue weighted by molar-refractivity contribution is 0.0593. The summed E-state index contributed by atoms with van der Waals surface area (Å²) >= 11 is 0. The van der Waals surface area contributed by atoms with E-state index in [0.29, 0.717) is 5.69 Å².